The zero-order valence-electron chi connectivity index (χ0n) is 19.4. The molecule has 4 heteroatoms. The van der Waals surface area contributed by atoms with Crippen LogP contribution in [0.25, 0.3) is 0 Å². The average molecular weight is 435 g/mol. The van der Waals surface area contributed by atoms with Gasteiger partial charge in [0.1, 0.15) is 0 Å². The van der Waals surface area contributed by atoms with Gasteiger partial charge in [-0.25, -0.2) is 4.39 Å². The van der Waals surface area contributed by atoms with E-state index >= 15 is 0 Å². The van der Waals surface area contributed by atoms with Crippen molar-refractivity contribution in [2.75, 3.05) is 13.2 Å². The van der Waals surface area contributed by atoms with Crippen LogP contribution in [0.2, 0.25) is 0 Å². The number of hydrogen-bond acceptors (Lipinski definition) is 2. The molecule has 1 aromatic rings. The lowest BCUT2D eigenvalue weighted by atomic mass is 9.66. The molecule has 3 fully saturated rings. The maximum Gasteiger partial charge on any atom is 0.200 e. The fourth-order valence-corrected chi connectivity index (χ4v) is 6.91. The normalized spacial score (nSPS) is 34.1. The Kier molecular flexibility index (Phi) is 7.90. The Hall–Kier alpha value is -1.16. The molecule has 2 unspecified atom stereocenters. The molecule has 3 saturated carbocycles. The van der Waals surface area contributed by atoms with Gasteiger partial charge in [0.25, 0.3) is 0 Å². The molecule has 3 aliphatic carbocycles. The predicted molar refractivity (Wildman–Crippen MR) is 120 cm³/mol. The van der Waals surface area contributed by atoms with E-state index in [0.29, 0.717) is 18.3 Å². The van der Waals surface area contributed by atoms with Crippen molar-refractivity contribution in [1.29, 1.82) is 0 Å². The van der Waals surface area contributed by atoms with E-state index in [1.807, 2.05) is 0 Å². The first-order chi connectivity index (χ1) is 15.1. The molecule has 0 bridgehead atoms. The third-order valence-electron chi connectivity index (χ3n) is 8.57. The zero-order valence-corrected chi connectivity index (χ0v) is 19.4. The minimum atomic E-state index is -0.821. The number of ether oxygens (including phenoxy) is 2. The van der Waals surface area contributed by atoms with Gasteiger partial charge >= 0.3 is 0 Å². The molecule has 0 spiro atoms. The second-order valence-corrected chi connectivity index (χ2v) is 10.2. The Labute approximate surface area is 187 Å². The summed E-state index contributed by atoms with van der Waals surface area (Å²) in [5, 5.41) is 0. The first kappa shape index (κ1) is 23.0. The zero-order chi connectivity index (χ0) is 21.8. The van der Waals surface area contributed by atoms with Crippen LogP contribution in [-0.2, 0) is 4.74 Å². The molecular formula is C27H40F2O2. The molecule has 2 atom stereocenters. The van der Waals surface area contributed by atoms with E-state index in [0.717, 1.165) is 56.0 Å². The first-order valence-electron chi connectivity index (χ1n) is 12.8. The maximum atomic E-state index is 14.6. The molecule has 31 heavy (non-hydrogen) atoms. The number of benzene rings is 1. The lowest BCUT2D eigenvalue weighted by molar-refractivity contribution is 0.0594. The summed E-state index contributed by atoms with van der Waals surface area (Å²) in [6.45, 7) is 5.08. The smallest absolute Gasteiger partial charge is 0.200 e. The SMILES string of the molecule is CCOc1ccc(C2CCC(C3CCC(C4CCC(OCC)C4)CC3)CC2)c(F)c1F. The topological polar surface area (TPSA) is 18.5 Å². The van der Waals surface area contributed by atoms with Crippen molar-refractivity contribution >= 4 is 0 Å². The Morgan fingerprint density at radius 3 is 1.90 bits per heavy atom. The van der Waals surface area contributed by atoms with E-state index in [9.17, 15) is 8.78 Å². The fraction of sp³-hybridized carbons (Fsp3) is 0.778. The second kappa shape index (κ2) is 10.6. The van der Waals surface area contributed by atoms with Crippen molar-refractivity contribution in [2.24, 2.45) is 23.7 Å². The van der Waals surface area contributed by atoms with E-state index in [4.69, 9.17) is 9.47 Å². The molecule has 3 aliphatic rings. The van der Waals surface area contributed by atoms with Gasteiger partial charge in [-0.1, -0.05) is 6.07 Å². The highest BCUT2D eigenvalue weighted by Crippen LogP contribution is 2.47. The first-order valence-corrected chi connectivity index (χ1v) is 12.8. The highest BCUT2D eigenvalue weighted by atomic mass is 19.2. The summed E-state index contributed by atoms with van der Waals surface area (Å²) in [6.07, 6.45) is 14.2. The Morgan fingerprint density at radius 2 is 1.29 bits per heavy atom. The van der Waals surface area contributed by atoms with Crippen LogP contribution < -0.4 is 4.74 Å². The van der Waals surface area contributed by atoms with Crippen LogP contribution in [0.4, 0.5) is 8.78 Å². The summed E-state index contributed by atoms with van der Waals surface area (Å²) in [4.78, 5) is 0. The molecule has 2 nitrogen and oxygen atoms in total. The maximum absolute atomic E-state index is 14.6. The molecule has 0 saturated heterocycles. The third kappa shape index (κ3) is 5.26. The summed E-state index contributed by atoms with van der Waals surface area (Å²) in [5.41, 5.74) is 0.549. The van der Waals surface area contributed by atoms with Crippen molar-refractivity contribution in [3.63, 3.8) is 0 Å². The van der Waals surface area contributed by atoms with Crippen LogP contribution >= 0.6 is 0 Å². The minimum absolute atomic E-state index is 0.0315. The van der Waals surface area contributed by atoms with Gasteiger partial charge < -0.3 is 9.47 Å². The van der Waals surface area contributed by atoms with Gasteiger partial charge in [-0.3, -0.25) is 0 Å². The van der Waals surface area contributed by atoms with Crippen LogP contribution in [0, 0.1) is 35.3 Å². The molecule has 0 radical (unpaired) electrons. The fourth-order valence-electron chi connectivity index (χ4n) is 6.91. The van der Waals surface area contributed by atoms with Gasteiger partial charge in [-0.2, -0.15) is 4.39 Å². The molecule has 0 amide bonds. The predicted octanol–water partition coefficient (Wildman–Crippen LogP) is 7.65. The van der Waals surface area contributed by atoms with Crippen molar-refractivity contribution in [3.05, 3.63) is 29.3 Å². The quantitative estimate of drug-likeness (QED) is 0.439. The lowest BCUT2D eigenvalue weighted by Gasteiger charge is -2.39. The molecule has 4 rings (SSSR count). The van der Waals surface area contributed by atoms with Gasteiger partial charge in [0.2, 0.25) is 5.82 Å². The Bertz CT molecular complexity index is 705. The van der Waals surface area contributed by atoms with Crippen LogP contribution in [-0.4, -0.2) is 19.3 Å². The summed E-state index contributed by atoms with van der Waals surface area (Å²) < 4.78 is 40.0. The van der Waals surface area contributed by atoms with Gasteiger partial charge in [-0.15, -0.1) is 0 Å². The largest absolute Gasteiger partial charge is 0.491 e. The highest BCUT2D eigenvalue weighted by molar-refractivity contribution is 5.33. The standard InChI is InChI=1S/C27H40F2O2/c1-3-30-23-14-13-22(17-23)20-7-5-18(6-8-20)19-9-11-21(12-10-19)24-15-16-25(31-4-2)27(29)26(24)28/h15-16,18-23H,3-14,17H2,1-2H3. The van der Waals surface area contributed by atoms with Crippen molar-refractivity contribution in [2.45, 2.75) is 96.5 Å². The average Bonchev–Trinajstić information content (AvgIpc) is 3.26. The molecule has 1 aromatic carbocycles. The summed E-state index contributed by atoms with van der Waals surface area (Å²) in [6, 6.07) is 3.35. The summed E-state index contributed by atoms with van der Waals surface area (Å²) >= 11 is 0. The van der Waals surface area contributed by atoms with E-state index in [1.54, 1.807) is 19.1 Å². The van der Waals surface area contributed by atoms with Gasteiger partial charge in [-0.05, 0) is 126 Å². The van der Waals surface area contributed by atoms with E-state index < -0.39 is 11.6 Å². The lowest BCUT2D eigenvalue weighted by Crippen LogP contribution is -2.27. The highest BCUT2D eigenvalue weighted by Gasteiger charge is 2.36. The van der Waals surface area contributed by atoms with Gasteiger partial charge in [0.15, 0.2) is 11.6 Å². The third-order valence-corrected chi connectivity index (χ3v) is 8.57. The van der Waals surface area contributed by atoms with Crippen LogP contribution in [0.1, 0.15) is 96.0 Å². The monoisotopic (exact) mass is 434 g/mol. The van der Waals surface area contributed by atoms with E-state index in [-0.39, 0.29) is 11.7 Å². The Balaban J connectivity index is 1.25. The summed E-state index contributed by atoms with van der Waals surface area (Å²) in [7, 11) is 0. The molecule has 0 aliphatic heterocycles. The molecule has 0 heterocycles. The van der Waals surface area contributed by atoms with Crippen LogP contribution in [0.3, 0.4) is 0 Å². The van der Waals surface area contributed by atoms with Crippen LogP contribution in [0.15, 0.2) is 12.1 Å². The summed E-state index contributed by atoms with van der Waals surface area (Å²) in [5.74, 6) is 2.05. The molecule has 0 N–H and O–H groups in total. The number of hydrogen-bond donors (Lipinski definition) is 0. The number of rotatable bonds is 7. The van der Waals surface area contributed by atoms with Crippen molar-refractivity contribution in [3.8, 4) is 5.75 Å². The van der Waals surface area contributed by atoms with Crippen molar-refractivity contribution in [1.82, 2.24) is 0 Å². The minimum Gasteiger partial charge on any atom is -0.491 e. The molecule has 174 valence electrons. The molecular weight excluding hydrogens is 394 g/mol. The number of halogens is 2. The van der Waals surface area contributed by atoms with Gasteiger partial charge in [0, 0.05) is 6.61 Å². The van der Waals surface area contributed by atoms with E-state index in [2.05, 4.69) is 6.92 Å². The van der Waals surface area contributed by atoms with Crippen LogP contribution in [0.5, 0.6) is 5.75 Å². The Morgan fingerprint density at radius 1 is 0.710 bits per heavy atom. The van der Waals surface area contributed by atoms with E-state index in [1.165, 1.54) is 44.9 Å². The van der Waals surface area contributed by atoms with Crippen molar-refractivity contribution < 1.29 is 18.3 Å². The van der Waals surface area contributed by atoms with Gasteiger partial charge in [0.05, 0.1) is 12.7 Å². The molecule has 0 aromatic heterocycles. The second-order valence-electron chi connectivity index (χ2n) is 10.2.